The van der Waals surface area contributed by atoms with E-state index in [1.807, 2.05) is 38.1 Å². The van der Waals surface area contributed by atoms with Crippen LogP contribution < -0.4 is 10.6 Å². The highest BCUT2D eigenvalue weighted by Gasteiger charge is 2.36. The highest BCUT2D eigenvalue weighted by atomic mass is 16.2. The summed E-state index contributed by atoms with van der Waals surface area (Å²) in [6.07, 6.45) is 5.06. The average molecular weight is 341 g/mol. The summed E-state index contributed by atoms with van der Waals surface area (Å²) in [5, 5.41) is 13.4. The van der Waals surface area contributed by atoms with E-state index in [0.717, 1.165) is 17.7 Å². The van der Waals surface area contributed by atoms with E-state index in [1.165, 1.54) is 0 Å². The Morgan fingerprint density at radius 2 is 1.96 bits per heavy atom. The molecule has 0 bridgehead atoms. The van der Waals surface area contributed by atoms with Gasteiger partial charge in [-0.2, -0.15) is 0 Å². The predicted octanol–water partition coefficient (Wildman–Crippen LogP) is 1.23. The number of rotatable bonds is 6. The van der Waals surface area contributed by atoms with Crippen molar-refractivity contribution in [2.75, 3.05) is 6.54 Å². The lowest BCUT2D eigenvalue weighted by molar-refractivity contribution is -0.124. The van der Waals surface area contributed by atoms with Crippen LogP contribution in [0.3, 0.4) is 0 Å². The van der Waals surface area contributed by atoms with Gasteiger partial charge in [0, 0.05) is 23.7 Å². The molecule has 2 amide bonds. The van der Waals surface area contributed by atoms with Crippen molar-refractivity contribution in [2.45, 2.75) is 38.6 Å². The Morgan fingerprint density at radius 3 is 2.56 bits per heavy atom. The lowest BCUT2D eigenvalue weighted by Gasteiger charge is -2.16. The zero-order valence-corrected chi connectivity index (χ0v) is 14.5. The van der Waals surface area contributed by atoms with Crippen molar-refractivity contribution >= 4 is 11.8 Å². The van der Waals surface area contributed by atoms with Crippen LogP contribution in [0.25, 0.3) is 5.69 Å². The summed E-state index contributed by atoms with van der Waals surface area (Å²) in [6.45, 7) is 4.56. The fraction of sp³-hybridized carbons (Fsp3) is 0.444. The van der Waals surface area contributed by atoms with Gasteiger partial charge in [-0.15, -0.1) is 10.2 Å². The number of carbonyl (C=O) groups is 2. The van der Waals surface area contributed by atoms with E-state index in [1.54, 1.807) is 17.2 Å². The molecule has 7 heteroatoms. The Bertz CT molecular complexity index is 737. The van der Waals surface area contributed by atoms with Gasteiger partial charge in [0.25, 0.3) is 0 Å². The van der Waals surface area contributed by atoms with Gasteiger partial charge in [-0.05, 0) is 44.4 Å². The SMILES string of the molecule is CC1(C)CC(CCNC(=O)Cc2ccc(-n3cnnc3)cc2)C(=O)N1. The van der Waals surface area contributed by atoms with Crippen molar-refractivity contribution in [3.8, 4) is 5.69 Å². The second-order valence-electron chi connectivity index (χ2n) is 7.13. The Hall–Kier alpha value is -2.70. The molecule has 1 saturated heterocycles. The first-order valence-electron chi connectivity index (χ1n) is 8.46. The van der Waals surface area contributed by atoms with Gasteiger partial charge in [0.2, 0.25) is 11.8 Å². The Balaban J connectivity index is 1.44. The molecule has 25 heavy (non-hydrogen) atoms. The number of nitrogens with zero attached hydrogens (tertiary/aromatic N) is 3. The molecule has 1 aliphatic heterocycles. The van der Waals surface area contributed by atoms with E-state index >= 15 is 0 Å². The van der Waals surface area contributed by atoms with Crippen molar-refractivity contribution in [1.29, 1.82) is 0 Å². The second kappa shape index (κ2) is 7.04. The molecule has 1 aromatic carbocycles. The van der Waals surface area contributed by atoms with Crippen LogP contribution >= 0.6 is 0 Å². The third-order valence-electron chi connectivity index (χ3n) is 4.42. The lowest BCUT2D eigenvalue weighted by Crippen LogP contribution is -2.34. The van der Waals surface area contributed by atoms with E-state index < -0.39 is 0 Å². The fourth-order valence-corrected chi connectivity index (χ4v) is 3.18. The molecule has 1 aliphatic rings. The third kappa shape index (κ3) is 4.43. The average Bonchev–Trinajstić information content (AvgIpc) is 3.16. The van der Waals surface area contributed by atoms with Crippen LogP contribution in [0.5, 0.6) is 0 Å². The molecule has 0 aliphatic carbocycles. The number of aromatic nitrogens is 3. The van der Waals surface area contributed by atoms with Crippen LogP contribution in [0.1, 0.15) is 32.3 Å². The van der Waals surface area contributed by atoms with E-state index in [2.05, 4.69) is 20.8 Å². The molecule has 0 saturated carbocycles. The first-order chi connectivity index (χ1) is 11.9. The Kier molecular flexibility index (Phi) is 4.83. The molecule has 132 valence electrons. The first kappa shape index (κ1) is 17.1. The minimum atomic E-state index is -0.141. The van der Waals surface area contributed by atoms with E-state index in [-0.39, 0.29) is 23.3 Å². The minimum Gasteiger partial charge on any atom is -0.356 e. The zero-order chi connectivity index (χ0) is 17.9. The van der Waals surface area contributed by atoms with Crippen molar-refractivity contribution in [1.82, 2.24) is 25.4 Å². The predicted molar refractivity (Wildman–Crippen MR) is 93.0 cm³/mol. The van der Waals surface area contributed by atoms with Crippen molar-refractivity contribution in [3.63, 3.8) is 0 Å². The van der Waals surface area contributed by atoms with Crippen LogP contribution in [0.15, 0.2) is 36.9 Å². The second-order valence-corrected chi connectivity index (χ2v) is 7.13. The van der Waals surface area contributed by atoms with Crippen molar-refractivity contribution < 1.29 is 9.59 Å². The van der Waals surface area contributed by atoms with Gasteiger partial charge in [-0.25, -0.2) is 0 Å². The maximum absolute atomic E-state index is 12.1. The summed E-state index contributed by atoms with van der Waals surface area (Å²) in [5.74, 6) is 0.0388. The van der Waals surface area contributed by atoms with Gasteiger partial charge in [0.15, 0.2) is 0 Å². The van der Waals surface area contributed by atoms with Gasteiger partial charge in [-0.3, -0.25) is 14.2 Å². The number of hydrogen-bond donors (Lipinski definition) is 2. The van der Waals surface area contributed by atoms with Gasteiger partial charge in [-0.1, -0.05) is 12.1 Å². The molecule has 2 heterocycles. The maximum atomic E-state index is 12.1. The first-order valence-corrected chi connectivity index (χ1v) is 8.46. The standard InChI is InChI=1S/C18H23N5O2/c1-18(2)10-14(17(25)22-18)7-8-19-16(24)9-13-3-5-15(6-4-13)23-11-20-21-12-23/h3-6,11-12,14H,7-10H2,1-2H3,(H,19,24)(H,22,25). The van der Waals surface area contributed by atoms with Crippen LogP contribution in [-0.4, -0.2) is 38.7 Å². The molecule has 3 rings (SSSR count). The minimum absolute atomic E-state index is 0.0154. The quantitative estimate of drug-likeness (QED) is 0.827. The number of carbonyl (C=O) groups excluding carboxylic acids is 2. The maximum Gasteiger partial charge on any atom is 0.224 e. The molecule has 0 spiro atoms. The summed E-state index contributed by atoms with van der Waals surface area (Å²) in [6, 6.07) is 7.69. The molecule has 1 atom stereocenters. The molecule has 7 nitrogen and oxygen atoms in total. The smallest absolute Gasteiger partial charge is 0.224 e. The molecular formula is C18H23N5O2. The Morgan fingerprint density at radius 1 is 1.28 bits per heavy atom. The summed E-state index contributed by atoms with van der Waals surface area (Å²) >= 11 is 0. The fourth-order valence-electron chi connectivity index (χ4n) is 3.18. The van der Waals surface area contributed by atoms with E-state index in [9.17, 15) is 9.59 Å². The van der Waals surface area contributed by atoms with Gasteiger partial charge in [0.05, 0.1) is 6.42 Å². The molecule has 2 aromatic rings. The summed E-state index contributed by atoms with van der Waals surface area (Å²) < 4.78 is 1.80. The highest BCUT2D eigenvalue weighted by molar-refractivity contribution is 5.82. The summed E-state index contributed by atoms with van der Waals surface area (Å²) in [5.41, 5.74) is 1.75. The highest BCUT2D eigenvalue weighted by Crippen LogP contribution is 2.26. The van der Waals surface area contributed by atoms with Gasteiger partial charge >= 0.3 is 0 Å². The molecule has 1 fully saturated rings. The van der Waals surface area contributed by atoms with E-state index in [0.29, 0.717) is 19.4 Å². The molecular weight excluding hydrogens is 318 g/mol. The van der Waals surface area contributed by atoms with Crippen LogP contribution in [-0.2, 0) is 16.0 Å². The molecule has 2 N–H and O–H groups in total. The van der Waals surface area contributed by atoms with Crippen LogP contribution in [0.4, 0.5) is 0 Å². The third-order valence-corrected chi connectivity index (χ3v) is 4.42. The number of benzene rings is 1. The molecule has 1 aromatic heterocycles. The van der Waals surface area contributed by atoms with Gasteiger partial charge < -0.3 is 10.6 Å². The molecule has 0 radical (unpaired) electrons. The number of amides is 2. The summed E-state index contributed by atoms with van der Waals surface area (Å²) in [7, 11) is 0. The normalized spacial score (nSPS) is 18.8. The van der Waals surface area contributed by atoms with Crippen molar-refractivity contribution in [3.05, 3.63) is 42.5 Å². The van der Waals surface area contributed by atoms with Crippen LogP contribution in [0, 0.1) is 5.92 Å². The zero-order valence-electron chi connectivity index (χ0n) is 14.5. The molecule has 1 unspecified atom stereocenters. The topological polar surface area (TPSA) is 88.9 Å². The number of nitrogens with one attached hydrogen (secondary N) is 2. The van der Waals surface area contributed by atoms with Crippen molar-refractivity contribution in [2.24, 2.45) is 5.92 Å². The summed E-state index contributed by atoms with van der Waals surface area (Å²) in [4.78, 5) is 23.9. The lowest BCUT2D eigenvalue weighted by atomic mass is 9.94. The van der Waals surface area contributed by atoms with Gasteiger partial charge in [0.1, 0.15) is 12.7 Å². The monoisotopic (exact) mass is 341 g/mol. The van der Waals surface area contributed by atoms with Crippen LogP contribution in [0.2, 0.25) is 0 Å². The largest absolute Gasteiger partial charge is 0.356 e. The number of hydrogen-bond acceptors (Lipinski definition) is 4. The Labute approximate surface area is 146 Å². The van der Waals surface area contributed by atoms with E-state index in [4.69, 9.17) is 0 Å².